The maximum atomic E-state index is 13.4. The van der Waals surface area contributed by atoms with Gasteiger partial charge in [0.15, 0.2) is 12.4 Å². The molecule has 1 unspecified atom stereocenters. The second-order valence-electron chi connectivity index (χ2n) is 7.07. The van der Waals surface area contributed by atoms with Crippen molar-refractivity contribution in [3.8, 4) is 5.75 Å². The number of ketones is 1. The van der Waals surface area contributed by atoms with Crippen molar-refractivity contribution >= 4 is 29.1 Å². The standard InChI is InChI=1S/C24H19ClN2O4/c1-31-19-7-3-2-6-18(19)21-20(22(28)16-8-10-17(25)11-9-16)23(29)24(30)27(21)14-15-5-4-12-26-13-15/h2-13,21,28H,14H2,1H3. The van der Waals surface area contributed by atoms with E-state index in [1.807, 2.05) is 6.07 Å². The number of likely N-dealkylation sites (tertiary alicyclic amines) is 1. The van der Waals surface area contributed by atoms with Crippen LogP contribution in [0.25, 0.3) is 5.76 Å². The van der Waals surface area contributed by atoms with Crippen LogP contribution in [0.3, 0.4) is 0 Å². The normalized spacial score (nSPS) is 17.7. The molecule has 0 aliphatic carbocycles. The van der Waals surface area contributed by atoms with Gasteiger partial charge in [-0.1, -0.05) is 47.7 Å². The Labute approximate surface area is 184 Å². The highest BCUT2D eigenvalue weighted by atomic mass is 35.5. The van der Waals surface area contributed by atoms with Crippen LogP contribution in [0.15, 0.2) is 78.6 Å². The molecular weight excluding hydrogens is 416 g/mol. The Hall–Kier alpha value is -3.64. The largest absolute Gasteiger partial charge is 0.872 e. The summed E-state index contributed by atoms with van der Waals surface area (Å²) in [6.45, 7) is 0.155. The number of methoxy groups -OCH3 is 1. The van der Waals surface area contributed by atoms with Gasteiger partial charge in [-0.3, -0.25) is 9.59 Å². The van der Waals surface area contributed by atoms with Crippen molar-refractivity contribution in [1.82, 2.24) is 4.90 Å². The van der Waals surface area contributed by atoms with Gasteiger partial charge in [0.25, 0.3) is 5.91 Å². The molecule has 1 aliphatic rings. The van der Waals surface area contributed by atoms with Crippen LogP contribution >= 0.6 is 11.6 Å². The van der Waals surface area contributed by atoms with Crippen molar-refractivity contribution in [2.24, 2.45) is 0 Å². The first-order valence-electron chi connectivity index (χ1n) is 9.61. The van der Waals surface area contributed by atoms with Crippen LogP contribution in [0.4, 0.5) is 0 Å². The van der Waals surface area contributed by atoms with Gasteiger partial charge in [-0.05, 0) is 29.8 Å². The summed E-state index contributed by atoms with van der Waals surface area (Å²) >= 11 is 5.94. The third kappa shape index (κ3) is 3.90. The molecule has 6 nitrogen and oxygen atoms in total. The van der Waals surface area contributed by atoms with E-state index in [0.29, 0.717) is 16.3 Å². The lowest BCUT2D eigenvalue weighted by atomic mass is 9.94. The molecule has 1 saturated heterocycles. The van der Waals surface area contributed by atoms with Crippen LogP contribution < -0.4 is 14.8 Å². The van der Waals surface area contributed by atoms with Crippen molar-refractivity contribution < 1.29 is 24.4 Å². The van der Waals surface area contributed by atoms with Gasteiger partial charge < -0.3 is 14.7 Å². The van der Waals surface area contributed by atoms with Crippen LogP contribution in [-0.4, -0.2) is 23.7 Å². The lowest BCUT2D eigenvalue weighted by Gasteiger charge is -2.28. The summed E-state index contributed by atoms with van der Waals surface area (Å²) < 4.78 is 5.48. The number of H-pyrrole nitrogens is 1. The van der Waals surface area contributed by atoms with E-state index in [0.717, 1.165) is 5.56 Å². The van der Waals surface area contributed by atoms with E-state index < -0.39 is 23.5 Å². The smallest absolute Gasteiger partial charge is 0.295 e. The average molecular weight is 435 g/mol. The lowest BCUT2D eigenvalue weighted by Crippen LogP contribution is -2.29. The van der Waals surface area contributed by atoms with E-state index in [1.54, 1.807) is 67.0 Å². The molecule has 1 aromatic heterocycles. The second kappa shape index (κ2) is 8.62. The third-order valence-electron chi connectivity index (χ3n) is 5.19. The molecule has 0 bridgehead atoms. The SMILES string of the molecule is COc1ccccc1C1C(=C([O-])c2ccc(Cl)cc2)C(=O)C(=O)N1Cc1ccc[nH+]c1. The Morgan fingerprint density at radius 3 is 2.52 bits per heavy atom. The predicted octanol–water partition coefficient (Wildman–Crippen LogP) is 2.59. The van der Waals surface area contributed by atoms with Gasteiger partial charge in [-0.2, -0.15) is 0 Å². The number of para-hydroxylation sites is 1. The Morgan fingerprint density at radius 1 is 1.10 bits per heavy atom. The summed E-state index contributed by atoms with van der Waals surface area (Å²) in [5.41, 5.74) is 1.55. The number of hydrogen-bond acceptors (Lipinski definition) is 4. The molecule has 3 aromatic rings. The molecule has 0 saturated carbocycles. The number of halogens is 1. The fraction of sp³-hybridized carbons (Fsp3) is 0.125. The molecule has 1 atom stereocenters. The zero-order valence-corrected chi connectivity index (χ0v) is 17.4. The summed E-state index contributed by atoms with van der Waals surface area (Å²) in [5, 5.41) is 13.8. The number of amides is 1. The quantitative estimate of drug-likeness (QED) is 0.351. The van der Waals surface area contributed by atoms with Crippen molar-refractivity contribution in [1.29, 1.82) is 0 Å². The van der Waals surface area contributed by atoms with Gasteiger partial charge in [0.1, 0.15) is 5.75 Å². The zero-order chi connectivity index (χ0) is 22.0. The number of aromatic amines is 1. The van der Waals surface area contributed by atoms with Crippen LogP contribution in [0.5, 0.6) is 5.75 Å². The molecule has 1 amide bonds. The number of pyridine rings is 1. The first-order valence-corrected chi connectivity index (χ1v) is 9.99. The number of rotatable bonds is 5. The molecule has 2 aromatic carbocycles. The number of aromatic nitrogens is 1. The summed E-state index contributed by atoms with van der Waals surface area (Å²) in [4.78, 5) is 30.5. The van der Waals surface area contributed by atoms with Crippen LogP contribution in [-0.2, 0) is 16.1 Å². The Morgan fingerprint density at radius 2 is 1.84 bits per heavy atom. The number of carbonyl (C=O) groups is 2. The maximum Gasteiger partial charge on any atom is 0.295 e. The van der Waals surface area contributed by atoms with Crippen LogP contribution in [0.1, 0.15) is 22.7 Å². The highest BCUT2D eigenvalue weighted by Gasteiger charge is 2.45. The Kier molecular flexibility index (Phi) is 5.73. The molecular formula is C24H19ClN2O4. The van der Waals surface area contributed by atoms with Gasteiger partial charge in [0.2, 0.25) is 5.78 Å². The molecule has 1 fully saturated rings. The fourth-order valence-electron chi connectivity index (χ4n) is 3.73. The molecule has 1 aliphatic heterocycles. The summed E-state index contributed by atoms with van der Waals surface area (Å²) in [6, 6.07) is 16.1. The molecule has 2 heterocycles. The van der Waals surface area contributed by atoms with Crippen molar-refractivity contribution in [2.45, 2.75) is 12.6 Å². The number of Topliss-reactive ketones (excluding diaryl/α,β-unsaturated/α-hetero) is 1. The van der Waals surface area contributed by atoms with Gasteiger partial charge in [-0.15, -0.1) is 0 Å². The molecule has 156 valence electrons. The number of ether oxygens (including phenoxy) is 1. The number of benzene rings is 2. The molecule has 0 radical (unpaired) electrons. The maximum absolute atomic E-state index is 13.4. The van der Waals surface area contributed by atoms with E-state index in [-0.39, 0.29) is 17.7 Å². The first-order chi connectivity index (χ1) is 15.0. The fourth-order valence-corrected chi connectivity index (χ4v) is 3.86. The number of nitrogens with zero attached hydrogens (tertiary/aromatic N) is 1. The zero-order valence-electron chi connectivity index (χ0n) is 16.7. The van der Waals surface area contributed by atoms with E-state index in [9.17, 15) is 14.7 Å². The summed E-state index contributed by atoms with van der Waals surface area (Å²) in [5.74, 6) is -1.55. The predicted molar refractivity (Wildman–Crippen MR) is 113 cm³/mol. The van der Waals surface area contributed by atoms with Gasteiger partial charge in [-0.25, -0.2) is 4.98 Å². The topological polar surface area (TPSA) is 83.8 Å². The molecule has 0 spiro atoms. The second-order valence-corrected chi connectivity index (χ2v) is 7.50. The third-order valence-corrected chi connectivity index (χ3v) is 5.45. The minimum atomic E-state index is -0.875. The monoisotopic (exact) mass is 434 g/mol. The minimum Gasteiger partial charge on any atom is -0.872 e. The van der Waals surface area contributed by atoms with Crippen molar-refractivity contribution in [3.63, 3.8) is 0 Å². The Balaban J connectivity index is 1.90. The minimum absolute atomic E-state index is 0.100. The van der Waals surface area contributed by atoms with E-state index in [2.05, 4.69) is 4.98 Å². The van der Waals surface area contributed by atoms with Gasteiger partial charge in [0, 0.05) is 27.8 Å². The molecule has 7 heteroatoms. The highest BCUT2D eigenvalue weighted by molar-refractivity contribution is 6.46. The highest BCUT2D eigenvalue weighted by Crippen LogP contribution is 2.42. The lowest BCUT2D eigenvalue weighted by molar-refractivity contribution is -0.378. The van der Waals surface area contributed by atoms with Gasteiger partial charge >= 0.3 is 0 Å². The van der Waals surface area contributed by atoms with Crippen molar-refractivity contribution in [2.75, 3.05) is 7.11 Å². The van der Waals surface area contributed by atoms with Crippen LogP contribution in [0.2, 0.25) is 5.02 Å². The summed E-state index contributed by atoms with van der Waals surface area (Å²) in [7, 11) is 1.51. The average Bonchev–Trinajstić information content (AvgIpc) is 3.04. The number of nitrogens with one attached hydrogen (secondary N) is 1. The first kappa shape index (κ1) is 20.6. The van der Waals surface area contributed by atoms with Crippen molar-refractivity contribution in [3.05, 3.63) is 100 Å². The number of hydrogen-bond donors (Lipinski definition) is 0. The Bertz CT molecular complexity index is 1160. The van der Waals surface area contributed by atoms with E-state index in [1.165, 1.54) is 12.0 Å². The van der Waals surface area contributed by atoms with E-state index in [4.69, 9.17) is 16.3 Å². The molecule has 1 N–H and O–H groups in total. The summed E-state index contributed by atoms with van der Waals surface area (Å²) in [6.07, 6.45) is 3.50. The van der Waals surface area contributed by atoms with E-state index >= 15 is 0 Å². The number of carbonyl (C=O) groups excluding carboxylic acids is 2. The molecule has 4 rings (SSSR count). The van der Waals surface area contributed by atoms with Gasteiger partial charge in [0.05, 0.1) is 19.7 Å². The van der Waals surface area contributed by atoms with Crippen LogP contribution in [0, 0.1) is 0 Å². The molecule has 31 heavy (non-hydrogen) atoms.